The summed E-state index contributed by atoms with van der Waals surface area (Å²) in [7, 11) is 0. The van der Waals surface area contributed by atoms with Crippen LogP contribution < -0.4 is 5.32 Å². The van der Waals surface area contributed by atoms with Crippen LogP contribution in [0, 0.1) is 23.6 Å². The predicted octanol–water partition coefficient (Wildman–Crippen LogP) is 4.99. The van der Waals surface area contributed by atoms with Crippen LogP contribution in [0.5, 0.6) is 0 Å². The Hall–Kier alpha value is -3.82. The third kappa shape index (κ3) is 3.86. The number of H-pyrrole nitrogens is 1. The van der Waals surface area contributed by atoms with Crippen LogP contribution in [-0.2, 0) is 17.6 Å². The highest BCUT2D eigenvalue weighted by molar-refractivity contribution is 5.89. The summed E-state index contributed by atoms with van der Waals surface area (Å²) >= 11 is 0. The molecule has 4 aliphatic rings. The van der Waals surface area contributed by atoms with Crippen molar-refractivity contribution >= 4 is 22.8 Å². The number of carbonyl (C=O) groups is 1. The molecule has 2 bridgehead atoms. The van der Waals surface area contributed by atoms with E-state index in [4.69, 9.17) is 14.4 Å². The normalized spacial score (nSPS) is 24.8. The van der Waals surface area contributed by atoms with E-state index >= 15 is 0 Å². The quantitative estimate of drug-likeness (QED) is 0.348. The number of anilines is 1. The first kappa shape index (κ1) is 22.4. The van der Waals surface area contributed by atoms with Gasteiger partial charge in [0.2, 0.25) is 0 Å². The first-order valence-electron chi connectivity index (χ1n) is 13.0. The van der Waals surface area contributed by atoms with Crippen LogP contribution in [0.1, 0.15) is 49.8 Å². The van der Waals surface area contributed by atoms with E-state index in [-0.39, 0.29) is 17.9 Å². The molecule has 4 aliphatic carbocycles. The lowest BCUT2D eigenvalue weighted by Crippen LogP contribution is -2.51. The highest BCUT2D eigenvalue weighted by atomic mass is 19.1. The molecule has 2 unspecified atom stereocenters. The summed E-state index contributed by atoms with van der Waals surface area (Å²) in [6.07, 6.45) is 9.17. The fraction of sp³-hybridized carbons (Fsp3) is 0.444. The zero-order chi connectivity index (χ0) is 25.1. The number of aryl methyl sites for hydroxylation is 2. The average Bonchev–Trinajstić information content (AvgIpc) is 3.53. The molecule has 4 aromatic heterocycles. The highest BCUT2D eigenvalue weighted by Gasteiger charge is 2.47. The van der Waals surface area contributed by atoms with Crippen molar-refractivity contribution in [1.82, 2.24) is 25.1 Å². The van der Waals surface area contributed by atoms with Crippen LogP contribution in [0.25, 0.3) is 34.0 Å². The van der Waals surface area contributed by atoms with Crippen molar-refractivity contribution in [3.05, 3.63) is 41.5 Å². The van der Waals surface area contributed by atoms with Gasteiger partial charge in [0.05, 0.1) is 17.5 Å². The minimum atomic E-state index is -0.764. The van der Waals surface area contributed by atoms with Crippen molar-refractivity contribution < 1.29 is 18.7 Å². The van der Waals surface area contributed by atoms with Crippen molar-refractivity contribution in [1.29, 1.82) is 0 Å². The summed E-state index contributed by atoms with van der Waals surface area (Å²) in [6.45, 7) is 0. The van der Waals surface area contributed by atoms with Gasteiger partial charge < -0.3 is 14.8 Å². The Morgan fingerprint density at radius 3 is 2.70 bits per heavy atom. The number of aromatic nitrogens is 5. The van der Waals surface area contributed by atoms with Crippen molar-refractivity contribution in [2.45, 2.75) is 57.4 Å². The van der Waals surface area contributed by atoms with E-state index < -0.39 is 17.7 Å². The number of carboxylic acid groups (broad SMARTS) is 1. The monoisotopic (exact) mass is 502 g/mol. The fourth-order valence-electron chi connectivity index (χ4n) is 6.60. The summed E-state index contributed by atoms with van der Waals surface area (Å²) in [5.74, 6) is 1.17. The Morgan fingerprint density at radius 1 is 1.08 bits per heavy atom. The van der Waals surface area contributed by atoms with Crippen molar-refractivity contribution in [3.8, 4) is 23.0 Å². The van der Waals surface area contributed by atoms with Crippen molar-refractivity contribution in [2.24, 2.45) is 17.8 Å². The maximum atomic E-state index is 14.1. The van der Waals surface area contributed by atoms with E-state index in [1.807, 2.05) is 12.1 Å². The zero-order valence-electron chi connectivity index (χ0n) is 20.2. The van der Waals surface area contributed by atoms with Gasteiger partial charge >= 0.3 is 5.97 Å². The lowest BCUT2D eigenvalue weighted by Gasteiger charge is -2.47. The predicted molar refractivity (Wildman–Crippen MR) is 133 cm³/mol. The molecule has 3 saturated carbocycles. The second-order valence-electron chi connectivity index (χ2n) is 10.6. The minimum Gasteiger partial charge on any atom is -0.481 e. The number of halogens is 1. The van der Waals surface area contributed by atoms with Gasteiger partial charge in [0.25, 0.3) is 0 Å². The van der Waals surface area contributed by atoms with Crippen molar-refractivity contribution in [2.75, 3.05) is 5.32 Å². The van der Waals surface area contributed by atoms with E-state index in [0.717, 1.165) is 63.3 Å². The third-order valence-corrected chi connectivity index (χ3v) is 8.39. The zero-order valence-corrected chi connectivity index (χ0v) is 20.2. The van der Waals surface area contributed by atoms with Crippen LogP contribution >= 0.6 is 0 Å². The van der Waals surface area contributed by atoms with E-state index in [1.165, 1.54) is 11.6 Å². The first-order valence-corrected chi connectivity index (χ1v) is 13.0. The minimum absolute atomic E-state index is 0.168. The van der Waals surface area contributed by atoms with E-state index in [0.29, 0.717) is 39.8 Å². The molecule has 190 valence electrons. The van der Waals surface area contributed by atoms with Crippen LogP contribution in [0.2, 0.25) is 0 Å². The summed E-state index contributed by atoms with van der Waals surface area (Å²) < 4.78 is 20.3. The van der Waals surface area contributed by atoms with Gasteiger partial charge in [-0.25, -0.2) is 19.3 Å². The van der Waals surface area contributed by atoms with Crippen LogP contribution in [0.15, 0.2) is 28.8 Å². The van der Waals surface area contributed by atoms with Crippen LogP contribution in [-0.4, -0.2) is 42.3 Å². The number of nitrogens with zero attached hydrogens (tertiary/aromatic N) is 4. The molecule has 0 radical (unpaired) electrons. The Morgan fingerprint density at radius 2 is 1.89 bits per heavy atom. The second-order valence-corrected chi connectivity index (χ2v) is 10.6. The smallest absolute Gasteiger partial charge is 0.308 e. The number of carboxylic acids is 1. The number of aliphatic carboxylic acids is 1. The molecule has 0 aliphatic heterocycles. The molecule has 0 spiro atoms. The van der Waals surface area contributed by atoms with Crippen LogP contribution in [0.3, 0.4) is 0 Å². The fourth-order valence-corrected chi connectivity index (χ4v) is 6.60. The van der Waals surface area contributed by atoms with Crippen molar-refractivity contribution in [3.63, 3.8) is 0 Å². The number of furan rings is 1. The van der Waals surface area contributed by atoms with E-state index in [2.05, 4.69) is 20.5 Å². The summed E-state index contributed by atoms with van der Waals surface area (Å²) in [5, 5.41) is 21.2. The molecule has 3 fully saturated rings. The third-order valence-electron chi connectivity index (χ3n) is 8.39. The van der Waals surface area contributed by atoms with E-state index in [9.17, 15) is 14.3 Å². The van der Waals surface area contributed by atoms with Gasteiger partial charge in [-0.3, -0.25) is 9.89 Å². The lowest BCUT2D eigenvalue weighted by atomic mass is 9.61. The van der Waals surface area contributed by atoms with Gasteiger partial charge in [-0.05, 0) is 74.5 Å². The Kier molecular flexibility index (Phi) is 5.23. The Balaban J connectivity index is 1.34. The number of hydrogen-bond donors (Lipinski definition) is 3. The molecule has 9 nitrogen and oxygen atoms in total. The molecule has 0 saturated heterocycles. The largest absolute Gasteiger partial charge is 0.481 e. The first-order chi connectivity index (χ1) is 18.0. The molecule has 0 aromatic carbocycles. The van der Waals surface area contributed by atoms with Crippen LogP contribution in [0.4, 0.5) is 10.2 Å². The molecule has 3 N–H and O–H groups in total. The molecule has 10 heteroatoms. The average molecular weight is 503 g/mol. The maximum Gasteiger partial charge on any atom is 0.308 e. The molecule has 8 rings (SSSR count). The summed E-state index contributed by atoms with van der Waals surface area (Å²) in [5.41, 5.74) is 2.59. The standard InChI is InChI=1S/C27H27FN6O3/c28-16-10-17-24(33-34-25(17)29-12-16)26-30-18(20-9-15-3-1-2-4-19(15)37-20)11-21(32-26)31-23-14-7-5-13(6-8-14)22(23)27(35)36/h9-14,22-23H,1-8H2,(H,35,36)(H,29,33,34)(H,30,31,32). The molecule has 37 heavy (non-hydrogen) atoms. The topological polar surface area (TPSA) is 130 Å². The molecule has 2 atom stereocenters. The number of aromatic amines is 1. The number of fused-ring (bicyclic) bond motifs is 5. The molecule has 4 aromatic rings. The highest BCUT2D eigenvalue weighted by Crippen LogP contribution is 2.46. The summed E-state index contributed by atoms with van der Waals surface area (Å²) in [6, 6.07) is 5.00. The molecule has 0 amide bonds. The maximum absolute atomic E-state index is 14.1. The SMILES string of the molecule is O=C(O)C1C2CCC(CC2)C1Nc1cc(-c2cc3c(o2)CCCC3)nc(-c2n[nH]c3ncc(F)cc23)n1. The number of nitrogens with one attached hydrogen (secondary N) is 2. The van der Waals surface area contributed by atoms with Gasteiger partial charge in [-0.2, -0.15) is 5.10 Å². The summed E-state index contributed by atoms with van der Waals surface area (Å²) in [4.78, 5) is 25.8. The van der Waals surface area contributed by atoms with Gasteiger partial charge in [0.1, 0.15) is 28.8 Å². The number of rotatable bonds is 5. The molecular weight excluding hydrogens is 475 g/mol. The molecule has 4 heterocycles. The molecular formula is C27H27FN6O3. The van der Waals surface area contributed by atoms with Gasteiger partial charge in [0, 0.05) is 18.5 Å². The van der Waals surface area contributed by atoms with Gasteiger partial charge in [0.15, 0.2) is 17.2 Å². The number of hydrogen-bond acceptors (Lipinski definition) is 7. The van der Waals surface area contributed by atoms with Gasteiger partial charge in [-0.1, -0.05) is 0 Å². The second kappa shape index (κ2) is 8.64. The Bertz CT molecular complexity index is 1480. The van der Waals surface area contributed by atoms with Gasteiger partial charge in [-0.15, -0.1) is 0 Å². The lowest BCUT2D eigenvalue weighted by molar-refractivity contribution is -0.148. The van der Waals surface area contributed by atoms with E-state index in [1.54, 1.807) is 0 Å². The number of pyridine rings is 1. The Labute approximate surface area is 211 Å².